The topological polar surface area (TPSA) is 43.1 Å². The van der Waals surface area contributed by atoms with Crippen LogP contribution in [0.2, 0.25) is 0 Å². The van der Waals surface area contributed by atoms with Crippen LogP contribution in [-0.4, -0.2) is 5.91 Å². The highest BCUT2D eigenvalue weighted by atomic mass is 16.1. The monoisotopic (exact) mass is 129 g/mol. The maximum atomic E-state index is 10.5. The van der Waals surface area contributed by atoms with Crippen molar-refractivity contribution < 1.29 is 4.79 Å². The van der Waals surface area contributed by atoms with Crippen molar-refractivity contribution in [2.24, 2.45) is 17.6 Å². The van der Waals surface area contributed by atoms with Crippen LogP contribution in [0.15, 0.2) is 0 Å². The first-order valence-corrected chi connectivity index (χ1v) is 3.38. The maximum absolute atomic E-state index is 10.5. The van der Waals surface area contributed by atoms with Crippen LogP contribution in [0.25, 0.3) is 0 Å². The van der Waals surface area contributed by atoms with Crippen LogP contribution in [0, 0.1) is 11.8 Å². The van der Waals surface area contributed by atoms with Gasteiger partial charge >= 0.3 is 0 Å². The molecule has 0 aliphatic rings. The Hall–Kier alpha value is -0.530. The molecule has 0 radical (unpaired) electrons. The molecule has 0 aromatic rings. The number of hydrogen-bond acceptors (Lipinski definition) is 1. The molecule has 0 unspecified atom stereocenters. The third-order valence-corrected chi connectivity index (χ3v) is 1.95. The maximum Gasteiger partial charge on any atom is 0.220 e. The number of carbonyl (C=O) groups is 1. The van der Waals surface area contributed by atoms with Crippen LogP contribution in [-0.2, 0) is 4.79 Å². The molecule has 0 aromatic heterocycles. The van der Waals surface area contributed by atoms with Crippen molar-refractivity contribution in [1.29, 1.82) is 0 Å². The lowest BCUT2D eigenvalue weighted by molar-refractivity contribution is -0.122. The molecule has 0 bridgehead atoms. The summed E-state index contributed by atoms with van der Waals surface area (Å²) in [5.41, 5.74) is 5.07. The Morgan fingerprint density at radius 1 is 1.56 bits per heavy atom. The largest absolute Gasteiger partial charge is 0.369 e. The molecule has 0 aliphatic carbocycles. The Morgan fingerprint density at radius 3 is 2.11 bits per heavy atom. The van der Waals surface area contributed by atoms with Gasteiger partial charge < -0.3 is 5.73 Å². The van der Waals surface area contributed by atoms with Gasteiger partial charge in [0.1, 0.15) is 0 Å². The van der Waals surface area contributed by atoms with E-state index >= 15 is 0 Å². The van der Waals surface area contributed by atoms with Crippen LogP contribution in [0.1, 0.15) is 27.2 Å². The van der Waals surface area contributed by atoms with Crippen molar-refractivity contribution in [3.63, 3.8) is 0 Å². The SMILES string of the molecule is CC[C@@H](C)[C@@H](C)C(N)=O. The van der Waals surface area contributed by atoms with E-state index < -0.39 is 0 Å². The van der Waals surface area contributed by atoms with E-state index in [1.54, 1.807) is 0 Å². The third kappa shape index (κ3) is 2.49. The summed E-state index contributed by atoms with van der Waals surface area (Å²) in [4.78, 5) is 10.5. The van der Waals surface area contributed by atoms with E-state index in [0.717, 1.165) is 6.42 Å². The molecule has 0 spiro atoms. The minimum Gasteiger partial charge on any atom is -0.369 e. The minimum atomic E-state index is -0.190. The molecule has 2 atom stereocenters. The average Bonchev–Trinajstić information content (AvgIpc) is 1.84. The van der Waals surface area contributed by atoms with Gasteiger partial charge in [0.05, 0.1) is 0 Å². The molecule has 0 heterocycles. The minimum absolute atomic E-state index is 0.0231. The summed E-state index contributed by atoms with van der Waals surface area (Å²) < 4.78 is 0. The van der Waals surface area contributed by atoms with Crippen molar-refractivity contribution in [1.82, 2.24) is 0 Å². The van der Waals surface area contributed by atoms with Gasteiger partial charge in [-0.15, -0.1) is 0 Å². The molecule has 9 heavy (non-hydrogen) atoms. The fourth-order valence-corrected chi connectivity index (χ4v) is 0.634. The van der Waals surface area contributed by atoms with Gasteiger partial charge in [-0.05, 0) is 5.92 Å². The molecule has 0 aliphatic heterocycles. The molecule has 1 amide bonds. The number of nitrogens with two attached hydrogens (primary N) is 1. The molecule has 54 valence electrons. The first-order chi connectivity index (χ1) is 4.09. The second kappa shape index (κ2) is 3.49. The Balaban J connectivity index is 3.72. The summed E-state index contributed by atoms with van der Waals surface area (Å²) >= 11 is 0. The van der Waals surface area contributed by atoms with E-state index in [1.165, 1.54) is 0 Å². The molecule has 0 saturated heterocycles. The molecular weight excluding hydrogens is 114 g/mol. The molecule has 0 saturated carbocycles. The molecule has 2 heteroatoms. The van der Waals surface area contributed by atoms with Gasteiger partial charge in [-0.2, -0.15) is 0 Å². The van der Waals surface area contributed by atoms with Gasteiger partial charge in [-0.3, -0.25) is 4.79 Å². The molecule has 0 aromatic carbocycles. The second-order valence-electron chi connectivity index (χ2n) is 2.58. The standard InChI is InChI=1S/C7H15NO/c1-4-5(2)6(3)7(8)9/h5-6H,4H2,1-3H3,(H2,8,9)/t5-,6-/m1/s1. The number of hydrogen-bond donors (Lipinski definition) is 1. The van der Waals surface area contributed by atoms with Crippen LogP contribution in [0.5, 0.6) is 0 Å². The van der Waals surface area contributed by atoms with Gasteiger partial charge in [-0.25, -0.2) is 0 Å². The normalized spacial score (nSPS) is 16.8. The smallest absolute Gasteiger partial charge is 0.220 e. The van der Waals surface area contributed by atoms with Crippen molar-refractivity contribution in [2.75, 3.05) is 0 Å². The summed E-state index contributed by atoms with van der Waals surface area (Å²) in [7, 11) is 0. The summed E-state index contributed by atoms with van der Waals surface area (Å²) in [5.74, 6) is 0.252. The van der Waals surface area contributed by atoms with Gasteiger partial charge in [-0.1, -0.05) is 27.2 Å². The number of rotatable bonds is 3. The number of amides is 1. The van der Waals surface area contributed by atoms with Crippen LogP contribution in [0.3, 0.4) is 0 Å². The molecule has 2 nitrogen and oxygen atoms in total. The summed E-state index contributed by atoms with van der Waals surface area (Å²) in [6, 6.07) is 0. The van der Waals surface area contributed by atoms with E-state index in [2.05, 4.69) is 6.92 Å². The van der Waals surface area contributed by atoms with Gasteiger partial charge in [0, 0.05) is 5.92 Å². The Kier molecular flexibility index (Phi) is 3.28. The predicted octanol–water partition coefficient (Wildman–Crippen LogP) is 1.15. The van der Waals surface area contributed by atoms with Crippen molar-refractivity contribution in [3.8, 4) is 0 Å². The number of primary amides is 1. The molecule has 0 fully saturated rings. The van der Waals surface area contributed by atoms with E-state index in [0.29, 0.717) is 5.92 Å². The summed E-state index contributed by atoms with van der Waals surface area (Å²) in [6.45, 7) is 5.97. The van der Waals surface area contributed by atoms with Crippen molar-refractivity contribution >= 4 is 5.91 Å². The fourth-order valence-electron chi connectivity index (χ4n) is 0.634. The zero-order chi connectivity index (χ0) is 7.44. The van der Waals surface area contributed by atoms with Crippen molar-refractivity contribution in [2.45, 2.75) is 27.2 Å². The van der Waals surface area contributed by atoms with Crippen LogP contribution < -0.4 is 5.73 Å². The van der Waals surface area contributed by atoms with E-state index in [4.69, 9.17) is 5.73 Å². The Morgan fingerprint density at radius 2 is 2.00 bits per heavy atom. The fraction of sp³-hybridized carbons (Fsp3) is 0.857. The van der Waals surface area contributed by atoms with Gasteiger partial charge in [0.15, 0.2) is 0 Å². The first-order valence-electron chi connectivity index (χ1n) is 3.38. The lowest BCUT2D eigenvalue weighted by Gasteiger charge is -2.13. The Bertz CT molecular complexity index is 101. The van der Waals surface area contributed by atoms with Gasteiger partial charge in [0.2, 0.25) is 5.91 Å². The van der Waals surface area contributed by atoms with Crippen molar-refractivity contribution in [3.05, 3.63) is 0 Å². The highest BCUT2D eigenvalue weighted by molar-refractivity contribution is 5.76. The second-order valence-corrected chi connectivity index (χ2v) is 2.58. The third-order valence-electron chi connectivity index (χ3n) is 1.95. The molecule has 0 rings (SSSR count). The highest BCUT2D eigenvalue weighted by Gasteiger charge is 2.14. The number of carbonyl (C=O) groups excluding carboxylic acids is 1. The summed E-state index contributed by atoms with van der Waals surface area (Å²) in [6.07, 6.45) is 1.02. The van der Waals surface area contributed by atoms with Crippen LogP contribution in [0.4, 0.5) is 0 Å². The van der Waals surface area contributed by atoms with Crippen LogP contribution >= 0.6 is 0 Å². The Labute approximate surface area is 56.4 Å². The average molecular weight is 129 g/mol. The summed E-state index contributed by atoms with van der Waals surface area (Å²) in [5, 5.41) is 0. The quantitative estimate of drug-likeness (QED) is 0.610. The zero-order valence-electron chi connectivity index (χ0n) is 6.35. The predicted molar refractivity (Wildman–Crippen MR) is 37.8 cm³/mol. The lowest BCUT2D eigenvalue weighted by atomic mass is 9.93. The van der Waals surface area contributed by atoms with Gasteiger partial charge in [0.25, 0.3) is 0 Å². The van der Waals surface area contributed by atoms with E-state index in [1.807, 2.05) is 13.8 Å². The van der Waals surface area contributed by atoms with E-state index in [-0.39, 0.29) is 11.8 Å². The zero-order valence-corrected chi connectivity index (χ0v) is 6.35. The molecule has 2 N–H and O–H groups in total. The highest BCUT2D eigenvalue weighted by Crippen LogP contribution is 2.12. The van der Waals surface area contributed by atoms with E-state index in [9.17, 15) is 4.79 Å². The first kappa shape index (κ1) is 8.47. The lowest BCUT2D eigenvalue weighted by Crippen LogP contribution is -2.25. The molecular formula is C7H15NO.